The van der Waals surface area contributed by atoms with Gasteiger partial charge in [0.1, 0.15) is 0 Å². The molecule has 120 valence electrons. The molecule has 1 rings (SSSR count). The predicted octanol–water partition coefficient (Wildman–Crippen LogP) is 3.58. The maximum Gasteiger partial charge on any atom is 0.389 e. The third-order valence-electron chi connectivity index (χ3n) is 2.73. The molecule has 1 aromatic heterocycles. The Morgan fingerprint density at radius 2 is 2.10 bits per heavy atom. The van der Waals surface area contributed by atoms with Crippen LogP contribution >= 0.6 is 11.3 Å². The number of rotatable bonds is 8. The Morgan fingerprint density at radius 3 is 2.71 bits per heavy atom. The molecule has 0 bridgehead atoms. The second-order valence-corrected chi connectivity index (χ2v) is 5.62. The van der Waals surface area contributed by atoms with Crippen LogP contribution in [0.5, 0.6) is 0 Å². The lowest BCUT2D eigenvalue weighted by molar-refractivity contribution is -0.135. The molecule has 0 saturated carbocycles. The molecule has 21 heavy (non-hydrogen) atoms. The van der Waals surface area contributed by atoms with E-state index in [0.717, 1.165) is 19.5 Å². The van der Waals surface area contributed by atoms with Crippen molar-refractivity contribution in [1.29, 1.82) is 0 Å². The molecule has 0 aliphatic carbocycles. The van der Waals surface area contributed by atoms with Crippen LogP contribution in [0.3, 0.4) is 0 Å². The molecule has 0 aliphatic rings. The Bertz CT molecular complexity index is 402. The molecule has 7 heteroatoms. The molecule has 0 saturated heterocycles. The Hall–Kier alpha value is -1.24. The van der Waals surface area contributed by atoms with E-state index in [1.165, 1.54) is 4.88 Å². The second-order valence-electron chi connectivity index (χ2n) is 4.59. The number of nitrogens with zero attached hydrogens (tertiary/aromatic N) is 1. The van der Waals surface area contributed by atoms with Crippen LogP contribution in [0, 0.1) is 0 Å². The summed E-state index contributed by atoms with van der Waals surface area (Å²) >= 11 is 1.71. The van der Waals surface area contributed by atoms with Crippen molar-refractivity contribution in [3.05, 3.63) is 22.4 Å². The first-order valence-electron chi connectivity index (χ1n) is 7.12. The maximum absolute atomic E-state index is 12.0. The zero-order chi connectivity index (χ0) is 15.6. The summed E-state index contributed by atoms with van der Waals surface area (Å²) in [6.07, 6.45) is -3.31. The van der Waals surface area contributed by atoms with Crippen molar-refractivity contribution in [1.82, 2.24) is 10.6 Å². The second kappa shape index (κ2) is 9.65. The van der Waals surface area contributed by atoms with Gasteiger partial charge in [-0.1, -0.05) is 6.07 Å². The number of nitrogens with one attached hydrogen (secondary N) is 2. The molecule has 0 fully saturated rings. The molecule has 1 aromatic rings. The van der Waals surface area contributed by atoms with E-state index in [0.29, 0.717) is 18.9 Å². The first kappa shape index (κ1) is 17.8. The lowest BCUT2D eigenvalue weighted by Gasteiger charge is -2.11. The maximum atomic E-state index is 12.0. The lowest BCUT2D eigenvalue weighted by Crippen LogP contribution is -2.38. The molecule has 0 radical (unpaired) electrons. The molecule has 0 aliphatic heterocycles. The summed E-state index contributed by atoms with van der Waals surface area (Å²) in [6.45, 7) is 3.85. The summed E-state index contributed by atoms with van der Waals surface area (Å²) in [5.41, 5.74) is 0. The molecule has 1 heterocycles. The molecule has 0 atom stereocenters. The van der Waals surface area contributed by atoms with E-state index in [9.17, 15) is 13.2 Å². The zero-order valence-electron chi connectivity index (χ0n) is 12.2. The van der Waals surface area contributed by atoms with E-state index in [-0.39, 0.29) is 6.42 Å². The minimum Gasteiger partial charge on any atom is -0.357 e. The van der Waals surface area contributed by atoms with Gasteiger partial charge >= 0.3 is 6.18 Å². The Labute approximate surface area is 127 Å². The first-order chi connectivity index (χ1) is 10.0. The highest BCUT2D eigenvalue weighted by atomic mass is 32.1. The number of unbranched alkanes of at least 4 members (excludes halogenated alkanes) is 1. The van der Waals surface area contributed by atoms with Crippen molar-refractivity contribution in [3.63, 3.8) is 0 Å². The van der Waals surface area contributed by atoms with E-state index < -0.39 is 12.6 Å². The van der Waals surface area contributed by atoms with E-state index in [4.69, 9.17) is 0 Å². The van der Waals surface area contributed by atoms with Crippen LogP contribution in [0.25, 0.3) is 0 Å². The lowest BCUT2D eigenvalue weighted by atomic mass is 10.2. The monoisotopic (exact) mass is 321 g/mol. The van der Waals surface area contributed by atoms with Crippen molar-refractivity contribution in [2.75, 3.05) is 19.6 Å². The van der Waals surface area contributed by atoms with Gasteiger partial charge < -0.3 is 10.6 Å². The van der Waals surface area contributed by atoms with Crippen molar-refractivity contribution in [2.45, 2.75) is 38.8 Å². The van der Waals surface area contributed by atoms with Crippen LogP contribution in [0.4, 0.5) is 13.2 Å². The average Bonchev–Trinajstić information content (AvgIpc) is 2.90. The number of thiophene rings is 1. The summed E-state index contributed by atoms with van der Waals surface area (Å²) in [6, 6.07) is 4.09. The SMILES string of the molecule is CCNC(=NCCCCC(F)(F)F)NCCc1cccs1. The highest BCUT2D eigenvalue weighted by molar-refractivity contribution is 7.09. The van der Waals surface area contributed by atoms with E-state index in [2.05, 4.69) is 21.7 Å². The summed E-state index contributed by atoms with van der Waals surface area (Å²) < 4.78 is 36.0. The molecule has 2 N–H and O–H groups in total. The fourth-order valence-electron chi connectivity index (χ4n) is 1.73. The summed E-state index contributed by atoms with van der Waals surface area (Å²) in [7, 11) is 0. The highest BCUT2D eigenvalue weighted by Crippen LogP contribution is 2.21. The number of hydrogen-bond acceptors (Lipinski definition) is 2. The van der Waals surface area contributed by atoms with E-state index in [1.807, 2.05) is 18.4 Å². The van der Waals surface area contributed by atoms with Gasteiger partial charge in [-0.05, 0) is 37.6 Å². The molecule has 0 unspecified atom stereocenters. The van der Waals surface area contributed by atoms with Crippen LogP contribution in [0.2, 0.25) is 0 Å². The van der Waals surface area contributed by atoms with Crippen LogP contribution in [-0.4, -0.2) is 31.8 Å². The fourth-order valence-corrected chi connectivity index (χ4v) is 2.44. The number of guanidine groups is 1. The smallest absolute Gasteiger partial charge is 0.357 e. The normalized spacial score (nSPS) is 12.5. The van der Waals surface area contributed by atoms with Gasteiger partial charge in [0.25, 0.3) is 0 Å². The predicted molar refractivity (Wildman–Crippen MR) is 81.9 cm³/mol. The Morgan fingerprint density at radius 1 is 1.29 bits per heavy atom. The summed E-state index contributed by atoms with van der Waals surface area (Å²) in [5.74, 6) is 0.668. The van der Waals surface area contributed by atoms with E-state index in [1.54, 1.807) is 11.3 Å². The van der Waals surface area contributed by atoms with Crippen LogP contribution in [0.1, 0.15) is 31.1 Å². The Kier molecular flexibility index (Phi) is 8.19. The summed E-state index contributed by atoms with van der Waals surface area (Å²) in [4.78, 5) is 5.58. The van der Waals surface area contributed by atoms with Crippen molar-refractivity contribution < 1.29 is 13.2 Å². The quantitative estimate of drug-likeness (QED) is 0.436. The Balaban J connectivity index is 2.22. The third-order valence-corrected chi connectivity index (χ3v) is 3.66. The third kappa shape index (κ3) is 9.33. The van der Waals surface area contributed by atoms with Gasteiger partial charge in [-0.25, -0.2) is 0 Å². The average molecular weight is 321 g/mol. The van der Waals surface area contributed by atoms with Crippen molar-refractivity contribution in [3.8, 4) is 0 Å². The highest BCUT2D eigenvalue weighted by Gasteiger charge is 2.25. The van der Waals surface area contributed by atoms with Gasteiger partial charge in [0, 0.05) is 30.9 Å². The fraction of sp³-hybridized carbons (Fsp3) is 0.643. The topological polar surface area (TPSA) is 36.4 Å². The van der Waals surface area contributed by atoms with Gasteiger partial charge in [-0.15, -0.1) is 11.3 Å². The summed E-state index contributed by atoms with van der Waals surface area (Å²) in [5, 5.41) is 8.32. The minimum absolute atomic E-state index is 0.127. The molecular formula is C14H22F3N3S. The van der Waals surface area contributed by atoms with Crippen molar-refractivity contribution >= 4 is 17.3 Å². The van der Waals surface area contributed by atoms with Crippen molar-refractivity contribution in [2.24, 2.45) is 4.99 Å². The number of halogens is 3. The van der Waals surface area contributed by atoms with E-state index >= 15 is 0 Å². The minimum atomic E-state index is -4.06. The standard InChI is InChI=1S/C14H22F3N3S/c1-2-18-13(19-9-4-3-8-14(15,16)17)20-10-7-12-6-5-11-21-12/h5-6,11H,2-4,7-10H2,1H3,(H2,18,19,20). The molecule has 0 aromatic carbocycles. The van der Waals surface area contributed by atoms with Crippen LogP contribution < -0.4 is 10.6 Å². The van der Waals surface area contributed by atoms with Gasteiger partial charge in [0.05, 0.1) is 0 Å². The van der Waals surface area contributed by atoms with Gasteiger partial charge in [-0.3, -0.25) is 4.99 Å². The zero-order valence-corrected chi connectivity index (χ0v) is 13.0. The van der Waals surface area contributed by atoms with Crippen LogP contribution in [-0.2, 0) is 6.42 Å². The van der Waals surface area contributed by atoms with Gasteiger partial charge in [-0.2, -0.15) is 13.2 Å². The molecular weight excluding hydrogens is 299 g/mol. The largest absolute Gasteiger partial charge is 0.389 e. The van der Waals surface area contributed by atoms with Gasteiger partial charge in [0.15, 0.2) is 5.96 Å². The van der Waals surface area contributed by atoms with Crippen LogP contribution in [0.15, 0.2) is 22.5 Å². The number of aliphatic imine (C=N–C) groups is 1. The van der Waals surface area contributed by atoms with Gasteiger partial charge in [0.2, 0.25) is 0 Å². The molecule has 0 amide bonds. The first-order valence-corrected chi connectivity index (χ1v) is 8.00. The number of alkyl halides is 3. The molecule has 0 spiro atoms. The molecule has 3 nitrogen and oxygen atoms in total. The number of hydrogen-bond donors (Lipinski definition) is 2.